The average molecular weight is 296 g/mol. The van der Waals surface area contributed by atoms with Crippen molar-refractivity contribution in [3.05, 3.63) is 33.8 Å². The first-order chi connectivity index (χ1) is 8.18. The molecule has 0 saturated heterocycles. The van der Waals surface area contributed by atoms with Crippen LogP contribution in [0.2, 0.25) is 10.0 Å². The van der Waals surface area contributed by atoms with Crippen LogP contribution in [0.1, 0.15) is 42.5 Å². The van der Waals surface area contributed by atoms with E-state index in [0.29, 0.717) is 29.8 Å². The van der Waals surface area contributed by atoms with Crippen LogP contribution in [0.3, 0.4) is 0 Å². The van der Waals surface area contributed by atoms with Crippen LogP contribution in [0.25, 0.3) is 0 Å². The fourth-order valence-corrected chi connectivity index (χ4v) is 4.43. The van der Waals surface area contributed by atoms with Gasteiger partial charge in [0.15, 0.2) is 5.52 Å². The second kappa shape index (κ2) is 7.94. The second-order valence-corrected chi connectivity index (χ2v) is 6.78. The van der Waals surface area contributed by atoms with Gasteiger partial charge in [0.2, 0.25) is 0 Å². The topological polar surface area (TPSA) is 17.1 Å². The quantitative estimate of drug-likeness (QED) is 0.580. The van der Waals surface area contributed by atoms with Gasteiger partial charge < -0.3 is 0 Å². The van der Waals surface area contributed by atoms with Crippen molar-refractivity contribution in [3.63, 3.8) is 0 Å². The Hall–Kier alpha value is 0.497. The summed E-state index contributed by atoms with van der Waals surface area (Å²) in [6.07, 6.45) is 6.16. The molecule has 18 heavy (non-hydrogen) atoms. The standard InChI is InChI=1S/C13H15Cl2OP.Li/c14-10-7-4-8-11(15)12(10)13(16)17-9-5-2-1-3-6-9;/h4,7-9,17H,1-3,5-6H2;. The number of hydrogen-bond donors (Lipinski definition) is 0. The van der Waals surface area contributed by atoms with E-state index in [9.17, 15) is 4.79 Å². The molecule has 2 rings (SSSR count). The van der Waals surface area contributed by atoms with Gasteiger partial charge >= 0.3 is 0 Å². The summed E-state index contributed by atoms with van der Waals surface area (Å²) < 4.78 is 0. The molecule has 0 aromatic heterocycles. The van der Waals surface area contributed by atoms with Crippen molar-refractivity contribution in [2.45, 2.75) is 37.8 Å². The van der Waals surface area contributed by atoms with Crippen molar-refractivity contribution in [3.8, 4) is 0 Å². The van der Waals surface area contributed by atoms with Crippen molar-refractivity contribution >= 4 is 56.2 Å². The van der Waals surface area contributed by atoms with E-state index in [4.69, 9.17) is 23.2 Å². The summed E-state index contributed by atoms with van der Waals surface area (Å²) >= 11 is 12.1. The van der Waals surface area contributed by atoms with Crippen molar-refractivity contribution in [2.24, 2.45) is 0 Å². The number of hydrogen-bond acceptors (Lipinski definition) is 1. The maximum absolute atomic E-state index is 12.2. The molecule has 1 fully saturated rings. The van der Waals surface area contributed by atoms with Crippen LogP contribution in [0.15, 0.2) is 18.2 Å². The molecule has 1 unspecified atom stereocenters. The second-order valence-electron chi connectivity index (χ2n) is 4.41. The Labute approximate surface area is 132 Å². The summed E-state index contributed by atoms with van der Waals surface area (Å²) in [4.78, 5) is 12.2. The molecule has 1 radical (unpaired) electrons. The Morgan fingerprint density at radius 2 is 1.67 bits per heavy atom. The van der Waals surface area contributed by atoms with Crippen LogP contribution < -0.4 is 0 Å². The molecule has 1 atom stereocenters. The van der Waals surface area contributed by atoms with Crippen molar-refractivity contribution in [1.82, 2.24) is 0 Å². The zero-order valence-corrected chi connectivity index (χ0v) is 13.0. The average Bonchev–Trinajstić information content (AvgIpc) is 2.30. The van der Waals surface area contributed by atoms with E-state index < -0.39 is 0 Å². The molecular weight excluding hydrogens is 281 g/mol. The summed E-state index contributed by atoms with van der Waals surface area (Å²) in [6.45, 7) is 0. The van der Waals surface area contributed by atoms with E-state index in [1.807, 2.05) is 0 Å². The first-order valence-electron chi connectivity index (χ1n) is 5.93. The Bertz CT molecular complexity index is 399. The van der Waals surface area contributed by atoms with Gasteiger partial charge in [-0.1, -0.05) is 48.5 Å². The Kier molecular flexibility index (Phi) is 7.30. The van der Waals surface area contributed by atoms with E-state index in [-0.39, 0.29) is 24.4 Å². The minimum Gasteiger partial charge on any atom is -0.289 e. The Balaban J connectivity index is 0.00000162. The van der Waals surface area contributed by atoms with E-state index in [1.165, 1.54) is 32.1 Å². The SMILES string of the molecule is O=C(PC1CCCCC1)c1c(Cl)cccc1Cl.[Li]. The summed E-state index contributed by atoms with van der Waals surface area (Å²) in [5.41, 5.74) is 1.18. The molecule has 1 nitrogen and oxygen atoms in total. The molecule has 0 bridgehead atoms. The van der Waals surface area contributed by atoms with Crippen LogP contribution >= 0.6 is 31.8 Å². The summed E-state index contributed by atoms with van der Waals surface area (Å²) in [7, 11) is 0.318. The third kappa shape index (κ3) is 4.26. The maximum atomic E-state index is 12.2. The third-order valence-corrected chi connectivity index (χ3v) is 5.26. The van der Waals surface area contributed by atoms with Gasteiger partial charge in [0.25, 0.3) is 0 Å². The molecule has 1 aliphatic carbocycles. The minimum atomic E-state index is 0. The van der Waals surface area contributed by atoms with Crippen LogP contribution in [-0.4, -0.2) is 30.0 Å². The smallest absolute Gasteiger partial charge is 0.184 e. The number of rotatable bonds is 3. The van der Waals surface area contributed by atoms with Gasteiger partial charge in [0, 0.05) is 18.9 Å². The number of benzene rings is 1. The number of carbonyl (C=O) groups is 1. The molecule has 0 spiro atoms. The van der Waals surface area contributed by atoms with Gasteiger partial charge in [-0.15, -0.1) is 0 Å². The van der Waals surface area contributed by atoms with Gasteiger partial charge in [-0.05, 0) is 39.2 Å². The molecule has 1 aromatic carbocycles. The Morgan fingerprint density at radius 1 is 1.11 bits per heavy atom. The molecular formula is C13H15Cl2LiOP. The summed E-state index contributed by atoms with van der Waals surface area (Å²) in [5.74, 6) is 0. The largest absolute Gasteiger partial charge is 0.289 e. The fourth-order valence-electron chi connectivity index (χ4n) is 2.22. The predicted octanol–water partition coefficient (Wildman–Crippen LogP) is 4.76. The van der Waals surface area contributed by atoms with Gasteiger partial charge in [0.05, 0.1) is 15.6 Å². The zero-order valence-electron chi connectivity index (χ0n) is 10.5. The first kappa shape index (κ1) is 16.6. The van der Waals surface area contributed by atoms with Crippen LogP contribution in [0.5, 0.6) is 0 Å². The van der Waals surface area contributed by atoms with Crippen molar-refractivity contribution in [1.29, 1.82) is 0 Å². The molecule has 93 valence electrons. The maximum Gasteiger partial charge on any atom is 0.184 e. The van der Waals surface area contributed by atoms with E-state index >= 15 is 0 Å². The minimum absolute atomic E-state index is 0. The normalized spacial score (nSPS) is 16.8. The fraction of sp³-hybridized carbons (Fsp3) is 0.462. The first-order valence-corrected chi connectivity index (χ1v) is 7.76. The third-order valence-electron chi connectivity index (χ3n) is 3.13. The summed E-state index contributed by atoms with van der Waals surface area (Å²) in [6, 6.07) is 5.23. The molecule has 0 N–H and O–H groups in total. The molecule has 0 amide bonds. The number of halogens is 2. The van der Waals surface area contributed by atoms with E-state index in [0.717, 1.165) is 0 Å². The predicted molar refractivity (Wildman–Crippen MR) is 81.7 cm³/mol. The van der Waals surface area contributed by atoms with Gasteiger partial charge in [-0.25, -0.2) is 0 Å². The van der Waals surface area contributed by atoms with Crippen molar-refractivity contribution in [2.75, 3.05) is 0 Å². The van der Waals surface area contributed by atoms with Gasteiger partial charge in [-0.3, -0.25) is 4.79 Å². The molecule has 5 heteroatoms. The van der Waals surface area contributed by atoms with Crippen LogP contribution in [-0.2, 0) is 0 Å². The molecule has 1 aromatic rings. The Morgan fingerprint density at radius 3 is 2.22 bits per heavy atom. The molecule has 1 saturated carbocycles. The van der Waals surface area contributed by atoms with E-state index in [1.54, 1.807) is 18.2 Å². The zero-order chi connectivity index (χ0) is 12.3. The van der Waals surface area contributed by atoms with Gasteiger partial charge in [0.1, 0.15) is 0 Å². The van der Waals surface area contributed by atoms with Crippen molar-refractivity contribution < 1.29 is 4.79 Å². The van der Waals surface area contributed by atoms with E-state index in [2.05, 4.69) is 0 Å². The monoisotopic (exact) mass is 295 g/mol. The van der Waals surface area contributed by atoms with Crippen LogP contribution in [0, 0.1) is 0 Å². The molecule has 0 heterocycles. The summed E-state index contributed by atoms with van der Waals surface area (Å²) in [5, 5.41) is 0.955. The van der Waals surface area contributed by atoms with Gasteiger partial charge in [-0.2, -0.15) is 0 Å². The molecule has 1 aliphatic rings. The number of carbonyl (C=O) groups excluding carboxylic acids is 1. The molecule has 0 aliphatic heterocycles. The van der Waals surface area contributed by atoms with Crippen LogP contribution in [0.4, 0.5) is 0 Å².